The van der Waals surface area contributed by atoms with Crippen LogP contribution >= 0.6 is 0 Å². The average Bonchev–Trinajstić information content (AvgIpc) is 2.74. The molecule has 0 fully saturated rings. The lowest BCUT2D eigenvalue weighted by Crippen LogP contribution is -2.28. The van der Waals surface area contributed by atoms with E-state index >= 15 is 0 Å². The largest absolute Gasteiger partial charge is 0.380 e. The van der Waals surface area contributed by atoms with Crippen LogP contribution in [0.25, 0.3) is 0 Å². The number of hydrogen-bond donors (Lipinski definition) is 2. The SMILES string of the molecule is CCOC[C@H](Cc1ccc(C)cc1)Nc1ccccc1NCc1ccc(C)cc1. The first-order valence-corrected chi connectivity index (χ1v) is 10.4. The van der Waals surface area contributed by atoms with E-state index in [2.05, 4.69) is 97.3 Å². The predicted octanol–water partition coefficient (Wildman–Crippen LogP) is 5.98. The van der Waals surface area contributed by atoms with Crippen molar-refractivity contribution in [2.45, 2.75) is 39.8 Å². The zero-order valence-electron chi connectivity index (χ0n) is 17.7. The lowest BCUT2D eigenvalue weighted by atomic mass is 10.0. The molecular weight excluding hydrogens is 356 g/mol. The van der Waals surface area contributed by atoms with Gasteiger partial charge in [0.25, 0.3) is 0 Å². The van der Waals surface area contributed by atoms with Crippen LogP contribution in [0.2, 0.25) is 0 Å². The Bertz CT molecular complexity index is 872. The molecule has 0 aliphatic carbocycles. The molecule has 0 radical (unpaired) electrons. The Morgan fingerprint density at radius 2 is 1.34 bits per heavy atom. The van der Waals surface area contributed by atoms with Gasteiger partial charge in [0.1, 0.15) is 0 Å². The summed E-state index contributed by atoms with van der Waals surface area (Å²) in [6, 6.07) is 26.0. The minimum absolute atomic E-state index is 0.208. The van der Waals surface area contributed by atoms with Gasteiger partial charge in [0.05, 0.1) is 24.0 Å². The topological polar surface area (TPSA) is 33.3 Å². The zero-order valence-corrected chi connectivity index (χ0v) is 17.7. The second kappa shape index (κ2) is 10.7. The Morgan fingerprint density at radius 3 is 1.97 bits per heavy atom. The maximum Gasteiger partial charge on any atom is 0.0670 e. The van der Waals surface area contributed by atoms with Crippen LogP contribution in [-0.2, 0) is 17.7 Å². The third kappa shape index (κ3) is 6.65. The summed E-state index contributed by atoms with van der Waals surface area (Å²) in [5, 5.41) is 7.28. The standard InChI is InChI=1S/C26H32N2O/c1-4-29-19-24(17-22-13-9-20(2)10-14-22)28-26-8-6-5-7-25(26)27-18-23-15-11-21(3)12-16-23/h5-16,24,27-28H,4,17-19H2,1-3H3/t24-/m0/s1. The van der Waals surface area contributed by atoms with Gasteiger partial charge >= 0.3 is 0 Å². The summed E-state index contributed by atoms with van der Waals surface area (Å²) in [5.74, 6) is 0. The highest BCUT2D eigenvalue weighted by Crippen LogP contribution is 2.23. The van der Waals surface area contributed by atoms with Crippen molar-refractivity contribution in [1.29, 1.82) is 0 Å². The Labute approximate surface area is 175 Å². The van der Waals surface area contributed by atoms with Gasteiger partial charge in [-0.25, -0.2) is 0 Å². The third-order valence-corrected chi connectivity index (χ3v) is 5.02. The molecule has 2 N–H and O–H groups in total. The quantitative estimate of drug-likeness (QED) is 0.448. The maximum absolute atomic E-state index is 5.76. The highest BCUT2D eigenvalue weighted by Gasteiger charge is 2.12. The van der Waals surface area contributed by atoms with Crippen LogP contribution in [0.5, 0.6) is 0 Å². The van der Waals surface area contributed by atoms with Crippen LogP contribution in [-0.4, -0.2) is 19.3 Å². The average molecular weight is 389 g/mol. The minimum Gasteiger partial charge on any atom is -0.380 e. The van der Waals surface area contributed by atoms with Crippen molar-refractivity contribution in [2.24, 2.45) is 0 Å². The second-order valence-electron chi connectivity index (χ2n) is 7.58. The Kier molecular flexibility index (Phi) is 7.71. The van der Waals surface area contributed by atoms with Gasteiger partial charge in [0.2, 0.25) is 0 Å². The molecule has 3 aromatic rings. The predicted molar refractivity (Wildman–Crippen MR) is 124 cm³/mol. The summed E-state index contributed by atoms with van der Waals surface area (Å²) in [7, 11) is 0. The van der Waals surface area contributed by atoms with Crippen LogP contribution < -0.4 is 10.6 Å². The molecule has 0 spiro atoms. The maximum atomic E-state index is 5.76. The summed E-state index contributed by atoms with van der Waals surface area (Å²) in [4.78, 5) is 0. The van der Waals surface area contributed by atoms with Gasteiger partial charge in [-0.3, -0.25) is 0 Å². The lowest BCUT2D eigenvalue weighted by Gasteiger charge is -2.22. The number of benzene rings is 3. The molecule has 0 aliphatic heterocycles. The van der Waals surface area contributed by atoms with E-state index in [-0.39, 0.29) is 6.04 Å². The fourth-order valence-corrected chi connectivity index (χ4v) is 3.31. The first kappa shape index (κ1) is 20.9. The van der Waals surface area contributed by atoms with Crippen molar-refractivity contribution >= 4 is 11.4 Å². The van der Waals surface area contributed by atoms with E-state index in [0.29, 0.717) is 6.61 Å². The van der Waals surface area contributed by atoms with Crippen LogP contribution in [0.4, 0.5) is 11.4 Å². The van der Waals surface area contributed by atoms with E-state index in [0.717, 1.165) is 30.9 Å². The summed E-state index contributed by atoms with van der Waals surface area (Å²) in [6.45, 7) is 8.47. The van der Waals surface area contributed by atoms with Crippen LogP contribution in [0.3, 0.4) is 0 Å². The molecule has 0 aromatic heterocycles. The molecule has 1 atom stereocenters. The van der Waals surface area contributed by atoms with Crippen molar-refractivity contribution in [2.75, 3.05) is 23.8 Å². The third-order valence-electron chi connectivity index (χ3n) is 5.02. The fraction of sp³-hybridized carbons (Fsp3) is 0.308. The number of anilines is 2. The number of rotatable bonds is 10. The van der Waals surface area contributed by atoms with Crippen LogP contribution in [0, 0.1) is 13.8 Å². The van der Waals surface area contributed by atoms with Gasteiger partial charge in [0.15, 0.2) is 0 Å². The molecule has 3 rings (SSSR count). The Balaban J connectivity index is 1.69. The van der Waals surface area contributed by atoms with Crippen molar-refractivity contribution in [3.8, 4) is 0 Å². The highest BCUT2D eigenvalue weighted by molar-refractivity contribution is 5.69. The molecule has 0 unspecified atom stereocenters. The van der Waals surface area contributed by atoms with Crippen LogP contribution in [0.1, 0.15) is 29.2 Å². The number of aryl methyl sites for hydroxylation is 2. The highest BCUT2D eigenvalue weighted by atomic mass is 16.5. The molecule has 0 aliphatic rings. The van der Waals surface area contributed by atoms with E-state index in [4.69, 9.17) is 4.74 Å². The molecular formula is C26H32N2O. The smallest absolute Gasteiger partial charge is 0.0670 e. The summed E-state index contributed by atoms with van der Waals surface area (Å²) < 4.78 is 5.76. The van der Waals surface area contributed by atoms with E-state index in [1.54, 1.807) is 0 Å². The number of hydrogen-bond acceptors (Lipinski definition) is 3. The Hall–Kier alpha value is -2.78. The first-order valence-electron chi connectivity index (χ1n) is 10.4. The van der Waals surface area contributed by atoms with Crippen molar-refractivity contribution in [3.05, 3.63) is 95.1 Å². The molecule has 0 heterocycles. The molecule has 29 heavy (non-hydrogen) atoms. The molecule has 3 nitrogen and oxygen atoms in total. The van der Waals surface area contributed by atoms with E-state index in [1.807, 2.05) is 6.92 Å². The van der Waals surface area contributed by atoms with E-state index in [9.17, 15) is 0 Å². The van der Waals surface area contributed by atoms with Crippen molar-refractivity contribution in [3.63, 3.8) is 0 Å². The van der Waals surface area contributed by atoms with E-state index < -0.39 is 0 Å². The van der Waals surface area contributed by atoms with Gasteiger partial charge in [-0.05, 0) is 50.5 Å². The fourth-order valence-electron chi connectivity index (χ4n) is 3.31. The Morgan fingerprint density at radius 1 is 0.759 bits per heavy atom. The minimum atomic E-state index is 0.208. The van der Waals surface area contributed by atoms with Crippen molar-refractivity contribution in [1.82, 2.24) is 0 Å². The van der Waals surface area contributed by atoms with Gasteiger partial charge in [0, 0.05) is 13.2 Å². The monoisotopic (exact) mass is 388 g/mol. The van der Waals surface area contributed by atoms with Gasteiger partial charge in [-0.1, -0.05) is 71.8 Å². The molecule has 0 saturated heterocycles. The molecule has 3 aromatic carbocycles. The van der Waals surface area contributed by atoms with Crippen molar-refractivity contribution < 1.29 is 4.74 Å². The first-order chi connectivity index (χ1) is 14.1. The summed E-state index contributed by atoms with van der Waals surface area (Å²) >= 11 is 0. The molecule has 0 bridgehead atoms. The number of ether oxygens (including phenoxy) is 1. The second-order valence-corrected chi connectivity index (χ2v) is 7.58. The van der Waals surface area contributed by atoms with E-state index in [1.165, 1.54) is 22.3 Å². The lowest BCUT2D eigenvalue weighted by molar-refractivity contribution is 0.137. The molecule has 0 saturated carbocycles. The zero-order chi connectivity index (χ0) is 20.5. The molecule has 152 valence electrons. The molecule has 3 heteroatoms. The molecule has 0 amide bonds. The van der Waals surface area contributed by atoms with Gasteiger partial charge < -0.3 is 15.4 Å². The normalized spacial score (nSPS) is 11.8. The van der Waals surface area contributed by atoms with Gasteiger partial charge in [-0.15, -0.1) is 0 Å². The summed E-state index contributed by atoms with van der Waals surface area (Å²) in [6.07, 6.45) is 0.923. The summed E-state index contributed by atoms with van der Waals surface area (Å²) in [5.41, 5.74) is 7.38. The number of nitrogens with one attached hydrogen (secondary N) is 2. The van der Waals surface area contributed by atoms with Crippen LogP contribution in [0.15, 0.2) is 72.8 Å². The van der Waals surface area contributed by atoms with Gasteiger partial charge in [-0.2, -0.15) is 0 Å². The number of para-hydroxylation sites is 2.